The van der Waals surface area contributed by atoms with Gasteiger partial charge in [0, 0.05) is 18.4 Å². The number of carbonyl (C=O) groups excluding carboxylic acids is 4. The highest BCUT2D eigenvalue weighted by molar-refractivity contribution is 7.89. The molecule has 0 heterocycles. The lowest BCUT2D eigenvalue weighted by atomic mass is 9.85. The molecule has 16 heteroatoms. The summed E-state index contributed by atoms with van der Waals surface area (Å²) in [6, 6.07) is 9.62. The molecule has 1 aliphatic carbocycles. The Balaban J connectivity index is 1.57. The second kappa shape index (κ2) is 17.6. The van der Waals surface area contributed by atoms with Crippen molar-refractivity contribution >= 4 is 34.0 Å². The summed E-state index contributed by atoms with van der Waals surface area (Å²) in [5.41, 5.74) is -1.97. The highest BCUT2D eigenvalue weighted by Crippen LogP contribution is 2.31. The van der Waals surface area contributed by atoms with E-state index >= 15 is 0 Å². The molecule has 2 aromatic carbocycles. The number of amides is 2. The van der Waals surface area contributed by atoms with E-state index < -0.39 is 75.0 Å². The third-order valence-electron chi connectivity index (χ3n) is 7.86. The van der Waals surface area contributed by atoms with Crippen molar-refractivity contribution in [2.24, 2.45) is 5.92 Å². The molecular weight excluding hydrogens is 707 g/mol. The summed E-state index contributed by atoms with van der Waals surface area (Å²) in [7, 11) is -4.09. The minimum Gasteiger partial charge on any atom is -0.463 e. The van der Waals surface area contributed by atoms with Gasteiger partial charge in [0.1, 0.15) is 23.9 Å². The molecule has 0 saturated heterocycles. The van der Waals surface area contributed by atoms with E-state index in [2.05, 4.69) is 15.4 Å². The first-order valence-electron chi connectivity index (χ1n) is 17.0. The number of rotatable bonds is 13. The molecule has 3 N–H and O–H groups in total. The van der Waals surface area contributed by atoms with E-state index in [4.69, 9.17) is 14.2 Å². The number of hydrogen-bond acceptors (Lipinski definition) is 9. The Kier molecular flexibility index (Phi) is 14.3. The van der Waals surface area contributed by atoms with E-state index in [0.29, 0.717) is 43.4 Å². The Morgan fingerprint density at radius 1 is 0.808 bits per heavy atom. The van der Waals surface area contributed by atoms with Gasteiger partial charge in [-0.1, -0.05) is 30.3 Å². The van der Waals surface area contributed by atoms with Crippen molar-refractivity contribution in [2.75, 3.05) is 6.61 Å². The van der Waals surface area contributed by atoms with Crippen molar-refractivity contribution in [1.29, 1.82) is 0 Å². The molecular formula is C36H48F3N3O9S. The minimum atomic E-state index is -4.59. The Morgan fingerprint density at radius 3 is 1.92 bits per heavy atom. The van der Waals surface area contributed by atoms with Crippen LogP contribution in [0.2, 0.25) is 0 Å². The topological polar surface area (TPSA) is 166 Å². The van der Waals surface area contributed by atoms with Gasteiger partial charge in [-0.2, -0.15) is 13.2 Å². The molecule has 0 aliphatic heterocycles. The van der Waals surface area contributed by atoms with Gasteiger partial charge in [0.25, 0.3) is 0 Å². The van der Waals surface area contributed by atoms with E-state index in [1.807, 2.05) is 0 Å². The molecule has 2 amide bonds. The van der Waals surface area contributed by atoms with Crippen LogP contribution >= 0.6 is 0 Å². The van der Waals surface area contributed by atoms with Gasteiger partial charge in [-0.3, -0.25) is 9.59 Å². The Labute approximate surface area is 302 Å². The summed E-state index contributed by atoms with van der Waals surface area (Å²) in [4.78, 5) is 51.2. The zero-order chi connectivity index (χ0) is 38.9. The van der Waals surface area contributed by atoms with E-state index in [0.717, 1.165) is 12.1 Å². The van der Waals surface area contributed by atoms with Crippen LogP contribution in [0, 0.1) is 5.92 Å². The molecule has 3 rings (SSSR count). The Morgan fingerprint density at radius 2 is 1.38 bits per heavy atom. The van der Waals surface area contributed by atoms with E-state index in [1.54, 1.807) is 71.9 Å². The van der Waals surface area contributed by atoms with Crippen LogP contribution in [0.15, 0.2) is 59.5 Å². The van der Waals surface area contributed by atoms with Crippen LogP contribution in [0.3, 0.4) is 0 Å². The molecule has 288 valence electrons. The van der Waals surface area contributed by atoms with Crippen molar-refractivity contribution in [1.82, 2.24) is 15.4 Å². The molecule has 1 fully saturated rings. The summed E-state index contributed by atoms with van der Waals surface area (Å²) in [5.74, 6) is -2.22. The maximum Gasteiger partial charge on any atom is 0.416 e. The Hall–Kier alpha value is -4.18. The van der Waals surface area contributed by atoms with E-state index in [1.165, 1.54) is 0 Å². The molecule has 2 aromatic rings. The molecule has 1 aliphatic rings. The second-order valence-electron chi connectivity index (χ2n) is 14.6. The fourth-order valence-corrected chi connectivity index (χ4v) is 6.67. The SMILES string of the molecule is CC(C)(C)OC(=O)NC(CCC(=O)OC[C@H](NC(=O)C1CCC(NS(=O)(=O)c2ccc(C(F)(F)F)cc2)CC1)c1ccccc1)C(=O)OC(C)(C)C. The number of hydrogen-bond donors (Lipinski definition) is 3. The predicted octanol–water partition coefficient (Wildman–Crippen LogP) is 5.96. The van der Waals surface area contributed by atoms with Crippen LogP contribution in [0.5, 0.6) is 0 Å². The lowest BCUT2D eigenvalue weighted by Gasteiger charge is -2.29. The van der Waals surface area contributed by atoms with Crippen LogP contribution < -0.4 is 15.4 Å². The van der Waals surface area contributed by atoms with Crippen LogP contribution in [0.1, 0.15) is 97.2 Å². The normalized spacial score (nSPS) is 18.0. The van der Waals surface area contributed by atoms with Gasteiger partial charge in [-0.15, -0.1) is 0 Å². The first-order chi connectivity index (χ1) is 24.0. The van der Waals surface area contributed by atoms with Crippen LogP contribution in [-0.4, -0.2) is 62.2 Å². The van der Waals surface area contributed by atoms with Crippen molar-refractivity contribution in [3.8, 4) is 0 Å². The average molecular weight is 756 g/mol. The van der Waals surface area contributed by atoms with Crippen molar-refractivity contribution in [3.05, 3.63) is 65.7 Å². The minimum absolute atomic E-state index is 0.138. The molecule has 1 saturated carbocycles. The summed E-state index contributed by atoms with van der Waals surface area (Å²) in [6.07, 6.45) is -4.53. The smallest absolute Gasteiger partial charge is 0.416 e. The van der Waals surface area contributed by atoms with Gasteiger partial charge < -0.3 is 24.8 Å². The maximum absolute atomic E-state index is 13.4. The number of benzene rings is 2. The molecule has 0 bridgehead atoms. The van der Waals surface area contributed by atoms with E-state index in [-0.39, 0.29) is 30.3 Å². The van der Waals surface area contributed by atoms with Crippen LogP contribution in [0.25, 0.3) is 0 Å². The number of carbonyl (C=O) groups is 4. The zero-order valence-electron chi connectivity index (χ0n) is 30.2. The number of sulfonamides is 1. The first kappa shape index (κ1) is 42.2. The third kappa shape index (κ3) is 14.1. The molecule has 1 unspecified atom stereocenters. The fraction of sp³-hybridized carbons (Fsp3) is 0.556. The highest BCUT2D eigenvalue weighted by atomic mass is 32.2. The lowest BCUT2D eigenvalue weighted by molar-refractivity contribution is -0.158. The number of alkyl halides is 3. The molecule has 0 aromatic heterocycles. The lowest BCUT2D eigenvalue weighted by Crippen LogP contribution is -2.46. The summed E-state index contributed by atoms with van der Waals surface area (Å²) in [6.45, 7) is 9.77. The molecule has 0 spiro atoms. The monoisotopic (exact) mass is 755 g/mol. The molecule has 0 radical (unpaired) electrons. The van der Waals surface area contributed by atoms with Gasteiger partial charge in [0.05, 0.1) is 16.5 Å². The maximum atomic E-state index is 13.4. The predicted molar refractivity (Wildman–Crippen MR) is 184 cm³/mol. The van der Waals surface area contributed by atoms with Gasteiger partial charge >= 0.3 is 24.2 Å². The third-order valence-corrected chi connectivity index (χ3v) is 9.40. The average Bonchev–Trinajstić information content (AvgIpc) is 3.03. The van der Waals surface area contributed by atoms with E-state index in [9.17, 15) is 40.8 Å². The number of esters is 2. The Bertz CT molecular complexity index is 1630. The number of alkyl carbamates (subject to hydrolysis) is 1. The molecule has 2 atom stereocenters. The molecule has 52 heavy (non-hydrogen) atoms. The van der Waals surface area contributed by atoms with Crippen LogP contribution in [0.4, 0.5) is 18.0 Å². The van der Waals surface area contributed by atoms with Gasteiger partial charge in [-0.25, -0.2) is 22.7 Å². The summed E-state index contributed by atoms with van der Waals surface area (Å²) < 4.78 is 83.0. The first-order valence-corrected chi connectivity index (χ1v) is 18.4. The van der Waals surface area contributed by atoms with Crippen molar-refractivity contribution in [3.63, 3.8) is 0 Å². The van der Waals surface area contributed by atoms with Crippen LogP contribution in [-0.2, 0) is 44.8 Å². The second-order valence-corrected chi connectivity index (χ2v) is 16.3. The van der Waals surface area contributed by atoms with Crippen molar-refractivity contribution < 1.29 is 55.0 Å². The van der Waals surface area contributed by atoms with Gasteiger partial charge in [0.15, 0.2) is 0 Å². The highest BCUT2D eigenvalue weighted by Gasteiger charge is 2.33. The standard InChI is InChI=1S/C36H48F3N3O9S/c1-34(2,3)50-32(45)28(41-33(46)51-35(4,5)6)20-21-30(43)49-22-29(23-10-8-7-9-11-23)40-31(44)24-12-16-26(17-13-24)42-52(47,48)27-18-14-25(15-19-27)36(37,38)39/h7-11,14-15,18-19,24,26,28-29,42H,12-13,16-17,20-22H2,1-6H3,(H,40,44)(H,41,46)/t24?,26?,28?,29-/m0/s1. The summed E-state index contributed by atoms with van der Waals surface area (Å²) >= 11 is 0. The number of halogens is 3. The summed E-state index contributed by atoms with van der Waals surface area (Å²) in [5, 5.41) is 5.39. The van der Waals surface area contributed by atoms with Crippen molar-refractivity contribution in [2.45, 2.75) is 120 Å². The quantitative estimate of drug-likeness (QED) is 0.165. The number of ether oxygens (including phenoxy) is 3. The zero-order valence-corrected chi connectivity index (χ0v) is 31.0. The molecule has 12 nitrogen and oxygen atoms in total. The van der Waals surface area contributed by atoms with Gasteiger partial charge in [-0.05, 0) is 103 Å². The van der Waals surface area contributed by atoms with Gasteiger partial charge in [0.2, 0.25) is 15.9 Å². The number of nitrogens with one attached hydrogen (secondary N) is 3. The largest absolute Gasteiger partial charge is 0.463 e. The fourth-order valence-electron chi connectivity index (χ4n) is 5.36.